The largest absolute Gasteiger partial charge is 0.472 e. The number of nitrogens with zero attached hydrogens (tertiary/aromatic N) is 3. The number of alkyl halides is 3. The number of benzene rings is 1. The number of aliphatic hydroxyl groups is 1. The summed E-state index contributed by atoms with van der Waals surface area (Å²) in [5, 5.41) is 9.89. The van der Waals surface area contributed by atoms with E-state index in [1.54, 1.807) is 0 Å². The number of aliphatic hydroxyl groups excluding tert-OH is 1. The molecule has 0 amide bonds. The van der Waals surface area contributed by atoms with Crippen molar-refractivity contribution in [3.05, 3.63) is 71.5 Å². The molecule has 4 rings (SSSR count). The summed E-state index contributed by atoms with van der Waals surface area (Å²) in [6, 6.07) is 14.0. The molecule has 1 aromatic carbocycles. The van der Waals surface area contributed by atoms with Crippen molar-refractivity contribution < 1.29 is 23.0 Å². The van der Waals surface area contributed by atoms with Crippen LogP contribution in [0.5, 0.6) is 5.88 Å². The highest BCUT2D eigenvalue weighted by Gasteiger charge is 2.31. The highest BCUT2D eigenvalue weighted by atomic mass is 19.4. The van der Waals surface area contributed by atoms with Gasteiger partial charge in [0, 0.05) is 30.8 Å². The zero-order valence-electron chi connectivity index (χ0n) is 16.9. The summed E-state index contributed by atoms with van der Waals surface area (Å²) in [6.45, 7) is 3.03. The van der Waals surface area contributed by atoms with Crippen molar-refractivity contribution in [2.75, 3.05) is 18.0 Å². The van der Waals surface area contributed by atoms with Crippen LogP contribution in [0.4, 0.5) is 18.9 Å². The molecule has 1 aliphatic heterocycles. The average molecular weight is 429 g/mol. The van der Waals surface area contributed by atoms with Gasteiger partial charge in [-0.05, 0) is 30.7 Å². The molecule has 8 heteroatoms. The van der Waals surface area contributed by atoms with Gasteiger partial charge in [-0.2, -0.15) is 13.2 Å². The van der Waals surface area contributed by atoms with E-state index in [1.165, 1.54) is 6.07 Å². The molecule has 0 spiro atoms. The number of hydrogen-bond acceptors (Lipinski definition) is 5. The van der Waals surface area contributed by atoms with Gasteiger partial charge in [-0.3, -0.25) is 0 Å². The Hall–Kier alpha value is -3.13. The van der Waals surface area contributed by atoms with E-state index in [4.69, 9.17) is 4.74 Å². The number of aryl methyl sites for hydroxylation is 1. The van der Waals surface area contributed by atoms with Crippen LogP contribution in [-0.2, 0) is 12.8 Å². The van der Waals surface area contributed by atoms with Gasteiger partial charge in [0.05, 0.1) is 35.8 Å². The van der Waals surface area contributed by atoms with Gasteiger partial charge in [-0.25, -0.2) is 9.97 Å². The number of pyridine rings is 2. The molecule has 1 fully saturated rings. The summed E-state index contributed by atoms with van der Waals surface area (Å²) in [5.74, 6) is 0.162. The van der Waals surface area contributed by atoms with Crippen molar-refractivity contribution in [1.82, 2.24) is 9.97 Å². The fraction of sp³-hybridized carbons (Fsp3) is 0.304. The third-order valence-corrected chi connectivity index (χ3v) is 5.36. The fourth-order valence-electron chi connectivity index (χ4n) is 3.74. The lowest BCUT2D eigenvalue weighted by Crippen LogP contribution is -2.26. The minimum Gasteiger partial charge on any atom is -0.472 e. The molecule has 1 saturated heterocycles. The van der Waals surface area contributed by atoms with Crippen LogP contribution in [0, 0.1) is 6.92 Å². The zero-order chi connectivity index (χ0) is 22.0. The standard InChI is InChI=1S/C23H22F3N3O2/c1-15-4-2-3-5-18(15)19-7-8-21(20(14-30)28-19)29-11-10-17(13-29)31-22-9-6-16(12-27-22)23(24,25)26/h2-9,12,17,30H,10-11,13-14H2,1H3/t17-/m0/s1. The topological polar surface area (TPSA) is 58.5 Å². The monoisotopic (exact) mass is 429 g/mol. The minimum absolute atomic E-state index is 0.162. The molecule has 3 heterocycles. The first-order valence-electron chi connectivity index (χ1n) is 9.97. The van der Waals surface area contributed by atoms with Gasteiger partial charge >= 0.3 is 6.18 Å². The first kappa shape index (κ1) is 21.1. The SMILES string of the molecule is Cc1ccccc1-c1ccc(N2CC[C@H](Oc3ccc(C(F)(F)F)cn3)C2)c(CO)n1. The van der Waals surface area contributed by atoms with Crippen LogP contribution in [0.25, 0.3) is 11.3 Å². The second kappa shape index (κ2) is 8.55. The van der Waals surface area contributed by atoms with E-state index in [-0.39, 0.29) is 18.6 Å². The quantitative estimate of drug-likeness (QED) is 0.641. The van der Waals surface area contributed by atoms with Gasteiger partial charge in [0.25, 0.3) is 0 Å². The lowest BCUT2D eigenvalue weighted by Gasteiger charge is -2.22. The number of aromatic nitrogens is 2. The van der Waals surface area contributed by atoms with Gasteiger partial charge in [-0.1, -0.05) is 24.3 Å². The molecule has 31 heavy (non-hydrogen) atoms. The Balaban J connectivity index is 1.47. The zero-order valence-corrected chi connectivity index (χ0v) is 16.9. The molecule has 0 aliphatic carbocycles. The number of ether oxygens (including phenoxy) is 1. The number of halogens is 3. The molecule has 5 nitrogen and oxygen atoms in total. The third-order valence-electron chi connectivity index (χ3n) is 5.36. The Morgan fingerprint density at radius 3 is 2.61 bits per heavy atom. The molecular formula is C23H22F3N3O2. The van der Waals surface area contributed by atoms with Gasteiger partial charge in [-0.15, -0.1) is 0 Å². The first-order chi connectivity index (χ1) is 14.8. The highest BCUT2D eigenvalue weighted by Crippen LogP contribution is 2.31. The predicted molar refractivity (Wildman–Crippen MR) is 111 cm³/mol. The van der Waals surface area contributed by atoms with Crippen molar-refractivity contribution in [3.8, 4) is 17.1 Å². The average Bonchev–Trinajstić information content (AvgIpc) is 3.21. The maximum Gasteiger partial charge on any atom is 0.417 e. The van der Waals surface area contributed by atoms with Crippen LogP contribution < -0.4 is 9.64 Å². The van der Waals surface area contributed by atoms with E-state index in [9.17, 15) is 18.3 Å². The summed E-state index contributed by atoms with van der Waals surface area (Å²) in [5.41, 5.74) is 3.51. The van der Waals surface area contributed by atoms with Crippen LogP contribution in [0.3, 0.4) is 0 Å². The maximum atomic E-state index is 12.7. The van der Waals surface area contributed by atoms with Crippen LogP contribution in [0.2, 0.25) is 0 Å². The van der Waals surface area contributed by atoms with Gasteiger partial charge in [0.2, 0.25) is 5.88 Å². The Morgan fingerprint density at radius 1 is 1.13 bits per heavy atom. The van der Waals surface area contributed by atoms with Crippen molar-refractivity contribution in [1.29, 1.82) is 0 Å². The molecule has 1 atom stereocenters. The molecule has 2 aromatic heterocycles. The lowest BCUT2D eigenvalue weighted by atomic mass is 10.0. The molecule has 0 saturated carbocycles. The van der Waals surface area contributed by atoms with Crippen LogP contribution >= 0.6 is 0 Å². The molecule has 0 radical (unpaired) electrons. The highest BCUT2D eigenvalue weighted by molar-refractivity contribution is 5.66. The molecule has 0 bridgehead atoms. The second-order valence-corrected chi connectivity index (χ2v) is 7.49. The molecule has 162 valence electrons. The van der Waals surface area contributed by atoms with E-state index < -0.39 is 11.7 Å². The summed E-state index contributed by atoms with van der Waals surface area (Å²) in [4.78, 5) is 10.5. The number of rotatable bonds is 5. The van der Waals surface area contributed by atoms with Crippen LogP contribution in [-0.4, -0.2) is 34.3 Å². The van der Waals surface area contributed by atoms with E-state index >= 15 is 0 Å². The van der Waals surface area contributed by atoms with Gasteiger partial charge in [0.1, 0.15) is 6.10 Å². The Labute approximate surface area is 178 Å². The lowest BCUT2D eigenvalue weighted by molar-refractivity contribution is -0.137. The van der Waals surface area contributed by atoms with E-state index in [2.05, 4.69) is 14.9 Å². The van der Waals surface area contributed by atoms with Crippen molar-refractivity contribution in [2.24, 2.45) is 0 Å². The van der Waals surface area contributed by atoms with E-state index in [0.29, 0.717) is 25.2 Å². The molecule has 3 aromatic rings. The van der Waals surface area contributed by atoms with Gasteiger partial charge in [0.15, 0.2) is 0 Å². The summed E-state index contributed by atoms with van der Waals surface area (Å²) < 4.78 is 43.8. The van der Waals surface area contributed by atoms with E-state index in [0.717, 1.165) is 34.8 Å². The molecular weight excluding hydrogens is 407 g/mol. The Bertz CT molecular complexity index is 1050. The number of hydrogen-bond donors (Lipinski definition) is 1. The normalized spacial score (nSPS) is 16.5. The summed E-state index contributed by atoms with van der Waals surface area (Å²) in [7, 11) is 0. The van der Waals surface area contributed by atoms with Crippen LogP contribution in [0.15, 0.2) is 54.7 Å². The van der Waals surface area contributed by atoms with E-state index in [1.807, 2.05) is 43.3 Å². The smallest absolute Gasteiger partial charge is 0.417 e. The van der Waals surface area contributed by atoms with Gasteiger partial charge < -0.3 is 14.7 Å². The maximum absolute atomic E-state index is 12.7. The second-order valence-electron chi connectivity index (χ2n) is 7.49. The van der Waals surface area contributed by atoms with Crippen molar-refractivity contribution in [2.45, 2.75) is 32.2 Å². The summed E-state index contributed by atoms with van der Waals surface area (Å²) >= 11 is 0. The number of anilines is 1. The predicted octanol–water partition coefficient (Wildman–Crippen LogP) is 4.62. The first-order valence-corrected chi connectivity index (χ1v) is 9.97. The third kappa shape index (κ3) is 4.64. The Kier molecular flexibility index (Phi) is 5.82. The van der Waals surface area contributed by atoms with Crippen molar-refractivity contribution >= 4 is 5.69 Å². The van der Waals surface area contributed by atoms with Crippen LogP contribution in [0.1, 0.15) is 23.2 Å². The molecule has 0 unspecified atom stereocenters. The molecule has 1 aliphatic rings. The summed E-state index contributed by atoms with van der Waals surface area (Å²) in [6.07, 6.45) is -3.17. The molecule has 1 N–H and O–H groups in total. The fourth-order valence-corrected chi connectivity index (χ4v) is 3.74. The Morgan fingerprint density at radius 2 is 1.94 bits per heavy atom. The van der Waals surface area contributed by atoms with Crippen molar-refractivity contribution in [3.63, 3.8) is 0 Å². The minimum atomic E-state index is -4.42.